The minimum atomic E-state index is -3.61. The van der Waals surface area contributed by atoms with Crippen LogP contribution in [0.3, 0.4) is 0 Å². The Labute approximate surface area is 274 Å². The first-order valence-corrected chi connectivity index (χ1v) is 17.1. The van der Waals surface area contributed by atoms with Crippen LogP contribution in [0, 0.1) is 0 Å². The molecule has 0 saturated carbocycles. The molecule has 0 unspecified atom stereocenters. The first kappa shape index (κ1) is 31.0. The molecule has 0 spiro atoms. The van der Waals surface area contributed by atoms with Crippen LogP contribution in [0.1, 0.15) is 41.1 Å². The van der Waals surface area contributed by atoms with E-state index < -0.39 is 16.3 Å². The Morgan fingerprint density at radius 3 is 2.30 bits per heavy atom. The molecule has 8 nitrogen and oxygen atoms in total. The summed E-state index contributed by atoms with van der Waals surface area (Å²) in [5.74, 6) is 0. The highest BCUT2D eigenvalue weighted by molar-refractivity contribution is 7.89. The fourth-order valence-corrected chi connectivity index (χ4v) is 7.00. The van der Waals surface area contributed by atoms with E-state index in [4.69, 9.17) is 9.47 Å². The number of rotatable bonds is 10. The molecule has 0 aliphatic carbocycles. The van der Waals surface area contributed by atoms with Gasteiger partial charge in [0.1, 0.15) is 0 Å². The van der Waals surface area contributed by atoms with Gasteiger partial charge in [0, 0.05) is 18.5 Å². The molecule has 6 aromatic rings. The minimum absolute atomic E-state index is 0.00752. The molecule has 7 rings (SSSR count). The molecule has 1 aliphatic rings. The number of hydrogen-bond acceptors (Lipinski definition) is 6. The van der Waals surface area contributed by atoms with Gasteiger partial charge in [0.2, 0.25) is 10.0 Å². The fourth-order valence-electron chi connectivity index (χ4n) is 5.96. The van der Waals surface area contributed by atoms with Gasteiger partial charge in [-0.3, -0.25) is 0 Å². The first-order valence-electron chi connectivity index (χ1n) is 15.6. The summed E-state index contributed by atoms with van der Waals surface area (Å²) in [4.78, 5) is 4.80. The highest BCUT2D eigenvalue weighted by atomic mass is 32.2. The van der Waals surface area contributed by atoms with Crippen LogP contribution in [0.4, 0.5) is 0 Å². The minimum Gasteiger partial charge on any atom is -0.392 e. The SMILES string of the molecule is O=S(=O)(NCc1cccc(-c2ccc([C@@H]3O[C@H](Cn4cnc5ccccc54)C[C@H](c4ccc(CO)cc4)O3)cc2)c1)c1ccccc1. The van der Waals surface area contributed by atoms with E-state index in [9.17, 15) is 13.5 Å². The van der Waals surface area contributed by atoms with Crippen LogP contribution in [0.5, 0.6) is 0 Å². The molecule has 0 radical (unpaired) electrons. The van der Waals surface area contributed by atoms with E-state index in [2.05, 4.69) is 20.3 Å². The van der Waals surface area contributed by atoms with Crippen LogP contribution >= 0.6 is 0 Å². The van der Waals surface area contributed by atoms with Gasteiger partial charge in [0.05, 0.1) is 47.6 Å². The summed E-state index contributed by atoms with van der Waals surface area (Å²) in [6, 6.07) is 40.3. The average Bonchev–Trinajstić information content (AvgIpc) is 3.53. The molecule has 5 aromatic carbocycles. The zero-order valence-corrected chi connectivity index (χ0v) is 26.5. The maximum absolute atomic E-state index is 12.7. The lowest BCUT2D eigenvalue weighted by Gasteiger charge is -2.36. The van der Waals surface area contributed by atoms with Crippen molar-refractivity contribution in [3.05, 3.63) is 156 Å². The van der Waals surface area contributed by atoms with E-state index in [1.54, 1.807) is 30.3 Å². The maximum Gasteiger partial charge on any atom is 0.240 e. The molecule has 1 saturated heterocycles. The molecule has 2 N–H and O–H groups in total. The van der Waals surface area contributed by atoms with Crippen molar-refractivity contribution in [2.24, 2.45) is 0 Å². The summed E-state index contributed by atoms with van der Waals surface area (Å²) >= 11 is 0. The van der Waals surface area contributed by atoms with Crippen molar-refractivity contribution in [1.82, 2.24) is 14.3 Å². The molecule has 1 fully saturated rings. The second-order valence-corrected chi connectivity index (χ2v) is 13.5. The van der Waals surface area contributed by atoms with E-state index >= 15 is 0 Å². The molecule has 0 amide bonds. The Hall–Kier alpha value is -4.64. The number of fused-ring (bicyclic) bond motifs is 1. The van der Waals surface area contributed by atoms with Gasteiger partial charge in [-0.15, -0.1) is 0 Å². The first-order chi connectivity index (χ1) is 22.9. The third-order valence-corrected chi connectivity index (χ3v) is 9.92. The number of para-hydroxylation sites is 2. The largest absolute Gasteiger partial charge is 0.392 e. The Bertz CT molecular complexity index is 2060. The number of imidazole rings is 1. The van der Waals surface area contributed by atoms with Gasteiger partial charge in [0.15, 0.2) is 6.29 Å². The number of nitrogens with one attached hydrogen (secondary N) is 1. The summed E-state index contributed by atoms with van der Waals surface area (Å²) in [5, 5.41) is 9.54. The standard InChI is InChI=1S/C38H35N3O5S/c42-25-27-13-15-30(16-14-27)37-22-33(24-41-26-39-35-11-4-5-12-36(35)41)45-38(46-37)31-19-17-29(18-20-31)32-8-6-7-28(21-32)23-40-47(43,44)34-9-2-1-3-10-34/h1-21,26,33,37-38,40,42H,22-25H2/t33-,37+,38+/m0/s1. The van der Waals surface area contributed by atoms with E-state index in [0.29, 0.717) is 13.0 Å². The molecular weight excluding hydrogens is 611 g/mol. The molecule has 2 heterocycles. The summed E-state index contributed by atoms with van der Waals surface area (Å²) in [5.41, 5.74) is 7.62. The molecule has 3 atom stereocenters. The quantitative estimate of drug-likeness (QED) is 0.168. The Morgan fingerprint density at radius 1 is 0.766 bits per heavy atom. The van der Waals surface area contributed by atoms with Gasteiger partial charge in [-0.2, -0.15) is 0 Å². The second-order valence-electron chi connectivity index (χ2n) is 11.7. The number of aromatic nitrogens is 2. The Balaban J connectivity index is 1.09. The number of ether oxygens (including phenoxy) is 2. The summed E-state index contributed by atoms with van der Waals surface area (Å²) in [6.07, 6.45) is 1.61. The normalized spacial score (nSPS) is 18.4. The molecule has 238 valence electrons. The number of benzene rings is 5. The number of aliphatic hydroxyl groups excluding tert-OH is 1. The summed E-state index contributed by atoms with van der Waals surface area (Å²) in [7, 11) is -3.61. The van der Waals surface area contributed by atoms with E-state index in [0.717, 1.165) is 44.4 Å². The molecular formula is C38H35N3O5S. The molecule has 1 aliphatic heterocycles. The predicted octanol–water partition coefficient (Wildman–Crippen LogP) is 6.92. The van der Waals surface area contributed by atoms with Gasteiger partial charge in [-0.05, 0) is 58.1 Å². The number of hydrogen-bond donors (Lipinski definition) is 2. The molecule has 1 aromatic heterocycles. The Kier molecular flexibility index (Phi) is 8.97. The van der Waals surface area contributed by atoms with E-state index in [-0.39, 0.29) is 30.3 Å². The number of aliphatic hydroxyl groups is 1. The van der Waals surface area contributed by atoms with Crippen molar-refractivity contribution in [3.8, 4) is 11.1 Å². The van der Waals surface area contributed by atoms with E-state index in [1.165, 1.54) is 0 Å². The maximum atomic E-state index is 12.7. The van der Waals surface area contributed by atoms with Crippen molar-refractivity contribution in [1.29, 1.82) is 0 Å². The lowest BCUT2D eigenvalue weighted by atomic mass is 9.99. The van der Waals surface area contributed by atoms with Gasteiger partial charge in [0.25, 0.3) is 0 Å². The van der Waals surface area contributed by atoms with E-state index in [1.807, 2.05) is 97.3 Å². The highest BCUT2D eigenvalue weighted by Crippen LogP contribution is 2.39. The molecule has 0 bridgehead atoms. The van der Waals surface area contributed by atoms with Crippen LogP contribution in [-0.4, -0.2) is 29.2 Å². The average molecular weight is 646 g/mol. The third kappa shape index (κ3) is 7.05. The van der Waals surface area contributed by atoms with Crippen molar-refractivity contribution in [2.75, 3.05) is 0 Å². The molecule has 9 heteroatoms. The van der Waals surface area contributed by atoms with Crippen LogP contribution in [0.2, 0.25) is 0 Å². The number of sulfonamides is 1. The zero-order valence-electron chi connectivity index (χ0n) is 25.6. The van der Waals surface area contributed by atoms with Gasteiger partial charge in [-0.25, -0.2) is 18.1 Å². The lowest BCUT2D eigenvalue weighted by Crippen LogP contribution is -2.32. The smallest absolute Gasteiger partial charge is 0.240 e. The predicted molar refractivity (Wildman–Crippen MR) is 181 cm³/mol. The van der Waals surface area contributed by atoms with Gasteiger partial charge < -0.3 is 19.1 Å². The van der Waals surface area contributed by atoms with Crippen LogP contribution in [0.25, 0.3) is 22.2 Å². The van der Waals surface area contributed by atoms with Crippen LogP contribution in [-0.2, 0) is 39.2 Å². The van der Waals surface area contributed by atoms with Gasteiger partial charge in [-0.1, -0.05) is 97.1 Å². The van der Waals surface area contributed by atoms with Crippen molar-refractivity contribution < 1.29 is 23.0 Å². The monoisotopic (exact) mass is 645 g/mol. The summed E-state index contributed by atoms with van der Waals surface area (Å²) < 4.78 is 43.4. The van der Waals surface area contributed by atoms with Crippen molar-refractivity contribution in [2.45, 2.75) is 49.5 Å². The molecule has 47 heavy (non-hydrogen) atoms. The highest BCUT2D eigenvalue weighted by Gasteiger charge is 2.32. The van der Waals surface area contributed by atoms with Gasteiger partial charge >= 0.3 is 0 Å². The third-order valence-electron chi connectivity index (χ3n) is 8.51. The zero-order chi connectivity index (χ0) is 32.2. The number of nitrogens with zero attached hydrogens (tertiary/aromatic N) is 2. The summed E-state index contributed by atoms with van der Waals surface area (Å²) in [6.45, 7) is 0.804. The topological polar surface area (TPSA) is 103 Å². The van der Waals surface area contributed by atoms with Crippen LogP contribution < -0.4 is 4.72 Å². The van der Waals surface area contributed by atoms with Crippen molar-refractivity contribution >= 4 is 21.1 Å². The Morgan fingerprint density at radius 2 is 1.51 bits per heavy atom. The lowest BCUT2D eigenvalue weighted by molar-refractivity contribution is -0.252. The van der Waals surface area contributed by atoms with Crippen molar-refractivity contribution in [3.63, 3.8) is 0 Å². The van der Waals surface area contributed by atoms with Crippen LogP contribution in [0.15, 0.2) is 139 Å². The fraction of sp³-hybridized carbons (Fsp3) is 0.184. The second kappa shape index (κ2) is 13.6.